The number of pyridine rings is 1. The van der Waals surface area contributed by atoms with E-state index < -0.39 is 0 Å². The van der Waals surface area contributed by atoms with Crippen LogP contribution in [0.2, 0.25) is 0 Å². The number of rotatable bonds is 4. The molecule has 1 aliphatic carbocycles. The summed E-state index contributed by atoms with van der Waals surface area (Å²) >= 11 is 1.72. The molecule has 0 unspecified atom stereocenters. The summed E-state index contributed by atoms with van der Waals surface area (Å²) in [4.78, 5) is 25.5. The molecule has 0 bridgehead atoms. The van der Waals surface area contributed by atoms with Crippen molar-refractivity contribution < 1.29 is 4.79 Å². The normalized spacial score (nSPS) is 21.2. The van der Waals surface area contributed by atoms with Gasteiger partial charge in [-0.2, -0.15) is 0 Å². The van der Waals surface area contributed by atoms with Gasteiger partial charge in [0.1, 0.15) is 5.01 Å². The summed E-state index contributed by atoms with van der Waals surface area (Å²) < 4.78 is 0. The summed E-state index contributed by atoms with van der Waals surface area (Å²) in [5.41, 5.74) is 2.12. The molecular formula is C19H25N5OS. The number of thiazole rings is 1. The summed E-state index contributed by atoms with van der Waals surface area (Å²) in [5, 5.41) is 6.21. The molecule has 1 saturated heterocycles. The molecule has 1 aliphatic heterocycles. The van der Waals surface area contributed by atoms with Gasteiger partial charge in [-0.05, 0) is 50.8 Å². The summed E-state index contributed by atoms with van der Waals surface area (Å²) in [6.45, 7) is 4.51. The maximum Gasteiger partial charge on any atom is 0.321 e. The monoisotopic (exact) mass is 371 g/mol. The minimum atomic E-state index is -0.00112. The van der Waals surface area contributed by atoms with Gasteiger partial charge in [-0.1, -0.05) is 0 Å². The van der Waals surface area contributed by atoms with Crippen LogP contribution in [-0.2, 0) is 6.54 Å². The van der Waals surface area contributed by atoms with Gasteiger partial charge in [-0.3, -0.25) is 9.88 Å². The van der Waals surface area contributed by atoms with E-state index in [-0.39, 0.29) is 6.03 Å². The van der Waals surface area contributed by atoms with Crippen LogP contribution in [0, 0.1) is 12.3 Å². The van der Waals surface area contributed by atoms with Crippen molar-refractivity contribution >= 4 is 23.1 Å². The largest absolute Gasteiger partial charge is 0.324 e. The molecule has 7 heteroatoms. The number of aromatic nitrogens is 2. The first-order valence-corrected chi connectivity index (χ1v) is 10.0. The molecule has 1 atom stereocenters. The highest BCUT2D eigenvalue weighted by Crippen LogP contribution is 2.56. The average molecular weight is 372 g/mol. The molecule has 1 N–H and O–H groups in total. The highest BCUT2D eigenvalue weighted by molar-refractivity contribution is 7.09. The van der Waals surface area contributed by atoms with Crippen molar-refractivity contribution in [3.8, 4) is 0 Å². The van der Waals surface area contributed by atoms with E-state index in [1.165, 1.54) is 11.4 Å². The van der Waals surface area contributed by atoms with Crippen LogP contribution >= 0.6 is 11.3 Å². The van der Waals surface area contributed by atoms with Crippen molar-refractivity contribution in [2.24, 2.45) is 5.41 Å². The molecule has 2 amide bonds. The Morgan fingerprint density at radius 3 is 2.88 bits per heavy atom. The van der Waals surface area contributed by atoms with Crippen molar-refractivity contribution in [1.82, 2.24) is 19.8 Å². The maximum atomic E-state index is 12.5. The molecule has 4 rings (SSSR count). The minimum absolute atomic E-state index is 0.00112. The predicted molar refractivity (Wildman–Crippen MR) is 103 cm³/mol. The number of nitrogens with one attached hydrogen (secondary N) is 1. The van der Waals surface area contributed by atoms with E-state index in [2.05, 4.69) is 27.2 Å². The fourth-order valence-corrected chi connectivity index (χ4v) is 4.80. The Morgan fingerprint density at radius 1 is 1.38 bits per heavy atom. The van der Waals surface area contributed by atoms with Crippen LogP contribution in [0.15, 0.2) is 29.9 Å². The number of urea groups is 1. The molecule has 2 fully saturated rings. The number of aryl methyl sites for hydroxylation is 1. The third-order valence-electron chi connectivity index (χ3n) is 5.74. The van der Waals surface area contributed by atoms with E-state index in [1.54, 1.807) is 17.5 Å². The second kappa shape index (κ2) is 6.96. The van der Waals surface area contributed by atoms with Gasteiger partial charge in [-0.15, -0.1) is 11.3 Å². The Labute approximate surface area is 158 Å². The fourth-order valence-electron chi connectivity index (χ4n) is 4.12. The van der Waals surface area contributed by atoms with Crippen LogP contribution in [0.25, 0.3) is 0 Å². The molecule has 0 aromatic carbocycles. The van der Waals surface area contributed by atoms with Crippen molar-refractivity contribution in [3.05, 3.63) is 40.6 Å². The van der Waals surface area contributed by atoms with Crippen molar-refractivity contribution in [1.29, 1.82) is 0 Å². The van der Waals surface area contributed by atoms with Gasteiger partial charge in [0.2, 0.25) is 0 Å². The molecule has 6 nitrogen and oxygen atoms in total. The molecule has 1 saturated carbocycles. The summed E-state index contributed by atoms with van der Waals surface area (Å²) in [7, 11) is 2.20. The number of hydrogen-bond donors (Lipinski definition) is 1. The molecule has 2 aromatic heterocycles. The first-order chi connectivity index (χ1) is 12.6. The van der Waals surface area contributed by atoms with E-state index in [9.17, 15) is 4.79 Å². The third-order valence-corrected chi connectivity index (χ3v) is 6.51. The lowest BCUT2D eigenvalue weighted by atomic mass is 9.92. The third kappa shape index (κ3) is 3.59. The lowest BCUT2D eigenvalue weighted by Gasteiger charge is -2.34. The van der Waals surface area contributed by atoms with E-state index in [0.29, 0.717) is 11.5 Å². The lowest BCUT2D eigenvalue weighted by Crippen LogP contribution is -2.43. The van der Waals surface area contributed by atoms with Crippen molar-refractivity contribution in [2.75, 3.05) is 25.5 Å². The fraction of sp³-hybridized carbons (Fsp3) is 0.526. The zero-order valence-corrected chi connectivity index (χ0v) is 16.1. The molecular weight excluding hydrogens is 346 g/mol. The smallest absolute Gasteiger partial charge is 0.321 e. The molecule has 1 spiro atoms. The van der Waals surface area contributed by atoms with Gasteiger partial charge in [0.15, 0.2) is 0 Å². The van der Waals surface area contributed by atoms with Crippen LogP contribution in [0.5, 0.6) is 0 Å². The number of hydrogen-bond acceptors (Lipinski definition) is 5. The Bertz CT molecular complexity index is 770. The summed E-state index contributed by atoms with van der Waals surface area (Å²) in [6.07, 6.45) is 7.01. The number of piperidine rings is 1. The van der Waals surface area contributed by atoms with E-state index >= 15 is 0 Å². The predicted octanol–water partition coefficient (Wildman–Crippen LogP) is 3.36. The SMILES string of the molecule is Cc1cc(NC(=O)N2CCC3(CC2)C[C@@H]3N(C)Cc2nccs2)ccn1. The van der Waals surface area contributed by atoms with Gasteiger partial charge in [0, 0.05) is 48.3 Å². The van der Waals surface area contributed by atoms with Crippen LogP contribution in [0.1, 0.15) is 30.0 Å². The zero-order valence-electron chi connectivity index (χ0n) is 15.3. The molecule has 3 heterocycles. The van der Waals surface area contributed by atoms with Crippen LogP contribution in [0.3, 0.4) is 0 Å². The van der Waals surface area contributed by atoms with Gasteiger partial charge in [0.05, 0.1) is 6.54 Å². The Morgan fingerprint density at radius 2 is 2.19 bits per heavy atom. The number of nitrogens with zero attached hydrogens (tertiary/aromatic N) is 4. The number of carbonyl (C=O) groups is 1. The Hall–Kier alpha value is -1.99. The minimum Gasteiger partial charge on any atom is -0.324 e. The first-order valence-electron chi connectivity index (χ1n) is 9.13. The lowest BCUT2D eigenvalue weighted by molar-refractivity contribution is 0.157. The Kier molecular flexibility index (Phi) is 4.67. The van der Waals surface area contributed by atoms with E-state index in [1.807, 2.05) is 35.5 Å². The topological polar surface area (TPSA) is 61.4 Å². The van der Waals surface area contributed by atoms with Gasteiger partial charge >= 0.3 is 6.03 Å². The molecule has 138 valence electrons. The molecule has 0 radical (unpaired) electrons. The highest BCUT2D eigenvalue weighted by Gasteiger charge is 2.56. The summed E-state index contributed by atoms with van der Waals surface area (Å²) in [6, 6.07) is 4.35. The molecule has 26 heavy (non-hydrogen) atoms. The number of carbonyl (C=O) groups excluding carboxylic acids is 1. The van der Waals surface area contributed by atoms with Crippen LogP contribution in [0.4, 0.5) is 10.5 Å². The number of likely N-dealkylation sites (tertiary alicyclic amines) is 1. The van der Waals surface area contributed by atoms with Crippen LogP contribution < -0.4 is 5.32 Å². The second-order valence-electron chi connectivity index (χ2n) is 7.53. The maximum absolute atomic E-state index is 12.5. The number of amides is 2. The Balaban J connectivity index is 1.28. The number of anilines is 1. The van der Waals surface area contributed by atoms with Gasteiger partial charge in [-0.25, -0.2) is 9.78 Å². The standard InChI is InChI=1S/C19H25N5OS/c1-14-11-15(3-6-20-14)22-18(25)24-8-4-19(5-9-24)12-16(19)23(2)13-17-21-7-10-26-17/h3,6-7,10-11,16H,4-5,8-9,12-13H2,1-2H3,(H,20,22,25)/t16-/m0/s1. The zero-order chi connectivity index (χ0) is 18.1. The molecule has 2 aliphatic rings. The quantitative estimate of drug-likeness (QED) is 0.895. The van der Waals surface area contributed by atoms with Crippen molar-refractivity contribution in [2.45, 2.75) is 38.8 Å². The highest BCUT2D eigenvalue weighted by atomic mass is 32.1. The summed E-state index contributed by atoms with van der Waals surface area (Å²) in [5.74, 6) is 0. The van der Waals surface area contributed by atoms with E-state index in [0.717, 1.165) is 43.9 Å². The second-order valence-corrected chi connectivity index (χ2v) is 8.51. The van der Waals surface area contributed by atoms with Gasteiger partial charge in [0.25, 0.3) is 0 Å². The average Bonchev–Trinajstić information content (AvgIpc) is 3.07. The van der Waals surface area contributed by atoms with Gasteiger partial charge < -0.3 is 10.2 Å². The van der Waals surface area contributed by atoms with E-state index in [4.69, 9.17) is 0 Å². The van der Waals surface area contributed by atoms with Crippen LogP contribution in [-0.4, -0.2) is 52.0 Å². The molecule has 2 aromatic rings. The first kappa shape index (κ1) is 17.4. The van der Waals surface area contributed by atoms with Crippen molar-refractivity contribution in [3.63, 3.8) is 0 Å².